The van der Waals surface area contributed by atoms with E-state index in [9.17, 15) is 4.79 Å². The molecule has 0 aliphatic carbocycles. The first-order valence-electron chi connectivity index (χ1n) is 0.893. The van der Waals surface area contributed by atoms with Gasteiger partial charge in [0.05, 0.1) is 0 Å². The van der Waals surface area contributed by atoms with Gasteiger partial charge in [-0.1, -0.05) is 0 Å². The number of carbonyl (C=O) groups is 1. The van der Waals surface area contributed by atoms with Gasteiger partial charge in [0.25, 0.3) is 0 Å². The van der Waals surface area contributed by atoms with Gasteiger partial charge in [0.2, 0.25) is 0 Å². The highest BCUT2D eigenvalue weighted by molar-refractivity contribution is 9.18. The molecule has 0 atom stereocenters. The average Bonchev–Trinajstić information content (AvgIpc) is 0.811. The van der Waals surface area contributed by atoms with Crippen LogP contribution in [0.25, 0.3) is 0 Å². The zero-order chi connectivity index (χ0) is 3.58. The summed E-state index contributed by atoms with van der Waals surface area (Å²) < 4.78 is -0.0208. The summed E-state index contributed by atoms with van der Waals surface area (Å²) in [6.07, 6.45) is 0. The maximum Gasteiger partial charge on any atom is 0.194 e. The molecule has 0 radical (unpaired) electrons. The van der Waals surface area contributed by atoms with E-state index in [0.29, 0.717) is 0 Å². The zero-order valence-electron chi connectivity index (χ0n) is 3.10. The average molecular weight is 285 g/mol. The lowest BCUT2D eigenvalue weighted by atomic mass is 11.0. The summed E-state index contributed by atoms with van der Waals surface area (Å²) >= 11 is 2.63. The van der Waals surface area contributed by atoms with Crippen LogP contribution in [-0.4, -0.2) is 4.69 Å². The molecular weight excluding hydrogens is 280 g/mol. The van der Waals surface area contributed by atoms with Crippen molar-refractivity contribution in [3.05, 3.63) is 0 Å². The Kier molecular flexibility index (Phi) is 24.7. The van der Waals surface area contributed by atoms with Crippen LogP contribution in [-0.2, 0) is 4.79 Å². The van der Waals surface area contributed by atoms with Crippen LogP contribution in [0, 0.1) is 0 Å². The highest BCUT2D eigenvalue weighted by atomic mass is 79.9. The third-order valence-electron chi connectivity index (χ3n) is 0. The van der Waals surface area contributed by atoms with E-state index in [4.69, 9.17) is 0 Å². The van der Waals surface area contributed by atoms with E-state index in [-0.39, 0.29) is 38.7 Å². The molecule has 1 nitrogen and oxygen atoms in total. The molecule has 0 unspecified atom stereocenters. The van der Waals surface area contributed by atoms with Crippen molar-refractivity contribution in [2.24, 2.45) is 0 Å². The maximum absolute atomic E-state index is 9.36. The molecule has 0 aromatic carbocycles. The van der Waals surface area contributed by atoms with Gasteiger partial charge in [-0.15, -0.1) is 34.0 Å². The zero-order valence-corrected chi connectivity index (χ0v) is 8.11. The van der Waals surface area contributed by atoms with Gasteiger partial charge in [-0.2, -0.15) is 0 Å². The van der Waals surface area contributed by atoms with Crippen LogP contribution in [0.3, 0.4) is 0 Å². The van der Waals surface area contributed by atoms with Crippen molar-refractivity contribution in [2.45, 2.75) is 6.92 Å². The lowest BCUT2D eigenvalue weighted by Gasteiger charge is -1.52. The van der Waals surface area contributed by atoms with Gasteiger partial charge in [-0.3, -0.25) is 4.79 Å². The first-order valence-corrected chi connectivity index (χ1v) is 1.69. The molecule has 0 fully saturated rings. The fraction of sp³-hybridized carbons (Fsp3) is 0.500. The Labute approximate surface area is 66.2 Å². The molecule has 40 valence electrons. The van der Waals surface area contributed by atoms with E-state index in [2.05, 4.69) is 15.9 Å². The van der Waals surface area contributed by atoms with Crippen LogP contribution in [0.1, 0.15) is 6.92 Å². The van der Waals surface area contributed by atoms with Crippen molar-refractivity contribution in [3.63, 3.8) is 0 Å². The fourth-order valence-electron chi connectivity index (χ4n) is 0. The van der Waals surface area contributed by atoms with E-state index in [0.717, 1.165) is 0 Å². The van der Waals surface area contributed by atoms with Crippen LogP contribution >= 0.6 is 49.9 Å². The summed E-state index contributed by atoms with van der Waals surface area (Å²) in [4.78, 5) is 9.36. The van der Waals surface area contributed by atoms with E-state index in [1.165, 1.54) is 6.92 Å². The molecule has 0 saturated carbocycles. The van der Waals surface area contributed by atoms with Crippen LogP contribution in [0.2, 0.25) is 0 Å². The molecule has 0 amide bonds. The predicted molar refractivity (Wildman–Crippen MR) is 40.3 cm³/mol. The Bertz CT molecular complexity index is 31.8. The first kappa shape index (κ1) is 15.7. The lowest BCUT2D eigenvalue weighted by molar-refractivity contribution is -0.108. The summed E-state index contributed by atoms with van der Waals surface area (Å²) in [5, 5.41) is 0. The molecule has 0 aliphatic heterocycles. The predicted octanol–water partition coefficient (Wildman–Crippen LogP) is 2.08. The number of hydrogen-bond acceptors (Lipinski definition) is 1. The van der Waals surface area contributed by atoms with Gasteiger partial charge in [0, 0.05) is 6.92 Å². The van der Waals surface area contributed by atoms with Crippen molar-refractivity contribution >= 4 is 54.6 Å². The smallest absolute Gasteiger partial charge is 0.194 e. The van der Waals surface area contributed by atoms with Gasteiger partial charge in [-0.05, 0) is 15.9 Å². The Morgan fingerprint density at radius 1 is 1.50 bits per heavy atom. The minimum atomic E-state index is -0.0208. The molecule has 0 spiro atoms. The Balaban J connectivity index is -0.0000000450. The van der Waals surface area contributed by atoms with Gasteiger partial charge >= 0.3 is 0 Å². The molecule has 0 aromatic rings. The summed E-state index contributed by atoms with van der Waals surface area (Å²) in [5.41, 5.74) is 0. The SMILES string of the molecule is Br.Br.CC(=O)Br. The highest BCUT2D eigenvalue weighted by Crippen LogP contribution is 1.74. The molecule has 0 N–H and O–H groups in total. The molecule has 0 heterocycles. The quantitative estimate of drug-likeness (QED) is 0.623. The molecule has 0 aliphatic rings. The number of halogens is 3. The fourth-order valence-corrected chi connectivity index (χ4v) is 0. The third kappa shape index (κ3) is 70.1. The van der Waals surface area contributed by atoms with Crippen LogP contribution < -0.4 is 0 Å². The van der Waals surface area contributed by atoms with Crippen molar-refractivity contribution in [1.82, 2.24) is 0 Å². The standard InChI is InChI=1S/C2H3BrO.2BrH/c1-2(3)4;;/h1H3;2*1H. The summed E-state index contributed by atoms with van der Waals surface area (Å²) in [6.45, 7) is 1.44. The van der Waals surface area contributed by atoms with Crippen molar-refractivity contribution in [1.29, 1.82) is 0 Å². The van der Waals surface area contributed by atoms with Gasteiger partial charge in [0.1, 0.15) is 0 Å². The second-order valence-electron chi connectivity index (χ2n) is 0.470. The monoisotopic (exact) mass is 282 g/mol. The summed E-state index contributed by atoms with van der Waals surface area (Å²) in [7, 11) is 0. The van der Waals surface area contributed by atoms with Crippen LogP contribution in [0.5, 0.6) is 0 Å². The maximum atomic E-state index is 9.36. The summed E-state index contributed by atoms with van der Waals surface area (Å²) in [6, 6.07) is 0. The van der Waals surface area contributed by atoms with Gasteiger partial charge in [-0.25, -0.2) is 0 Å². The molecule has 0 bridgehead atoms. The van der Waals surface area contributed by atoms with E-state index in [1.807, 2.05) is 0 Å². The Hall–Kier alpha value is 1.11. The molecule has 6 heavy (non-hydrogen) atoms. The van der Waals surface area contributed by atoms with Crippen molar-refractivity contribution < 1.29 is 4.79 Å². The molecule has 0 rings (SSSR count). The minimum absolute atomic E-state index is 0. The number of carbonyl (C=O) groups excluding carboxylic acids is 1. The minimum Gasteiger partial charge on any atom is -0.287 e. The largest absolute Gasteiger partial charge is 0.287 e. The molecule has 4 heteroatoms. The molecular formula is C2H5Br3O. The van der Waals surface area contributed by atoms with E-state index in [1.54, 1.807) is 0 Å². The van der Waals surface area contributed by atoms with Crippen molar-refractivity contribution in [3.8, 4) is 0 Å². The third-order valence-corrected chi connectivity index (χ3v) is 0. The van der Waals surface area contributed by atoms with E-state index < -0.39 is 0 Å². The van der Waals surface area contributed by atoms with Crippen LogP contribution in [0.15, 0.2) is 0 Å². The Morgan fingerprint density at radius 3 is 1.50 bits per heavy atom. The van der Waals surface area contributed by atoms with E-state index >= 15 is 0 Å². The Morgan fingerprint density at radius 2 is 1.50 bits per heavy atom. The number of rotatable bonds is 0. The number of hydrogen-bond donors (Lipinski definition) is 0. The lowest BCUT2D eigenvalue weighted by Crippen LogP contribution is -1.60. The summed E-state index contributed by atoms with van der Waals surface area (Å²) in [5.74, 6) is 0. The second kappa shape index (κ2) is 9.44. The van der Waals surface area contributed by atoms with Gasteiger partial charge < -0.3 is 0 Å². The topological polar surface area (TPSA) is 17.1 Å². The second-order valence-corrected chi connectivity index (χ2v) is 1.59. The van der Waals surface area contributed by atoms with Gasteiger partial charge in [0.15, 0.2) is 4.69 Å². The molecule has 0 saturated heterocycles. The first-order chi connectivity index (χ1) is 1.73. The normalized spacial score (nSPS) is 4.33. The van der Waals surface area contributed by atoms with Crippen LogP contribution in [0.4, 0.5) is 0 Å². The highest BCUT2D eigenvalue weighted by Gasteiger charge is 1.66. The molecule has 0 aromatic heterocycles. The van der Waals surface area contributed by atoms with Crippen molar-refractivity contribution in [2.75, 3.05) is 0 Å².